The average molecular weight is 361 g/mol. The zero-order chi connectivity index (χ0) is 18.5. The van der Waals surface area contributed by atoms with Gasteiger partial charge >= 0.3 is 5.97 Å². The lowest BCUT2D eigenvalue weighted by Crippen LogP contribution is -2.29. The molecule has 0 spiro atoms. The van der Waals surface area contributed by atoms with Crippen molar-refractivity contribution in [1.82, 2.24) is 0 Å². The van der Waals surface area contributed by atoms with Crippen LogP contribution in [0, 0.1) is 30.5 Å². The minimum absolute atomic E-state index is 0.105. The lowest BCUT2D eigenvalue weighted by molar-refractivity contribution is -0.140. The van der Waals surface area contributed by atoms with E-state index < -0.39 is 0 Å². The van der Waals surface area contributed by atoms with E-state index in [4.69, 9.17) is 4.74 Å². The Labute approximate surface area is 157 Å². The number of benzene rings is 1. The van der Waals surface area contributed by atoms with Gasteiger partial charge in [0.1, 0.15) is 0 Å². The van der Waals surface area contributed by atoms with Gasteiger partial charge in [-0.3, -0.25) is 4.79 Å². The molecule has 1 aliphatic heterocycles. The van der Waals surface area contributed by atoms with E-state index in [0.29, 0.717) is 12.0 Å². The van der Waals surface area contributed by atoms with E-state index in [1.54, 1.807) is 13.0 Å². The number of hydrogen-bond acceptors (Lipinski definition) is 2. The van der Waals surface area contributed by atoms with Gasteiger partial charge in [-0.05, 0) is 49.1 Å². The minimum Gasteiger partial charge on any atom is -0.423 e. The number of carbonyl (C=O) groups excluding carboxylic acids is 1. The predicted octanol–water partition coefficient (Wildman–Crippen LogP) is 6.38. The lowest BCUT2D eigenvalue weighted by Gasteiger charge is -2.30. The van der Waals surface area contributed by atoms with Gasteiger partial charge in [0.25, 0.3) is 0 Å². The van der Waals surface area contributed by atoms with Crippen molar-refractivity contribution in [2.45, 2.75) is 84.5 Å². The fraction of sp³-hybridized carbons (Fsp3) is 0.696. The number of ether oxygens (including phenoxy) is 1. The molecular formula is C23H33FO2. The van der Waals surface area contributed by atoms with Gasteiger partial charge in [0.05, 0.1) is 5.92 Å². The van der Waals surface area contributed by atoms with Gasteiger partial charge in [-0.1, -0.05) is 70.4 Å². The third-order valence-corrected chi connectivity index (χ3v) is 6.48. The Hall–Kier alpha value is -1.38. The molecule has 144 valence electrons. The molecule has 3 rings (SSSR count). The molecule has 0 bridgehead atoms. The van der Waals surface area contributed by atoms with E-state index >= 15 is 0 Å². The molecule has 0 radical (unpaired) electrons. The second kappa shape index (κ2) is 9.01. The standard InChI is InChI=1S/C23H33FO2/c1-3-4-5-6-17-8-10-18(11-9-17)12-14-20-15-19-13-7-16(2)21(24)22(19)26-23(20)25/h7,13,17-18,20H,3-6,8-12,14-15H2,1-2H3. The van der Waals surface area contributed by atoms with Gasteiger partial charge in [0.2, 0.25) is 0 Å². The molecule has 1 saturated carbocycles. The van der Waals surface area contributed by atoms with Crippen LogP contribution in [0.2, 0.25) is 0 Å². The summed E-state index contributed by atoms with van der Waals surface area (Å²) in [5.74, 6) is 1.12. The van der Waals surface area contributed by atoms with Crippen molar-refractivity contribution in [2.75, 3.05) is 0 Å². The number of unbranched alkanes of at least 4 members (excludes halogenated alkanes) is 2. The van der Waals surface area contributed by atoms with Crippen LogP contribution in [-0.2, 0) is 11.2 Å². The fourth-order valence-electron chi connectivity index (χ4n) is 4.65. The topological polar surface area (TPSA) is 26.3 Å². The van der Waals surface area contributed by atoms with Crippen LogP contribution in [-0.4, -0.2) is 5.97 Å². The lowest BCUT2D eigenvalue weighted by atomic mass is 9.77. The van der Waals surface area contributed by atoms with Gasteiger partial charge in [-0.25, -0.2) is 4.39 Å². The van der Waals surface area contributed by atoms with Gasteiger partial charge < -0.3 is 4.74 Å². The number of fused-ring (bicyclic) bond motifs is 1. The van der Waals surface area contributed by atoms with Gasteiger partial charge in [0.15, 0.2) is 11.6 Å². The number of hydrogen-bond donors (Lipinski definition) is 0. The van der Waals surface area contributed by atoms with Crippen molar-refractivity contribution in [3.05, 3.63) is 29.1 Å². The molecule has 0 amide bonds. The van der Waals surface area contributed by atoms with Crippen LogP contribution in [0.15, 0.2) is 12.1 Å². The fourth-order valence-corrected chi connectivity index (χ4v) is 4.65. The van der Waals surface area contributed by atoms with E-state index in [0.717, 1.165) is 30.2 Å². The molecule has 1 heterocycles. The summed E-state index contributed by atoms with van der Waals surface area (Å²) in [5.41, 5.74) is 1.38. The number of esters is 1. The van der Waals surface area contributed by atoms with Gasteiger partial charge in [-0.15, -0.1) is 0 Å². The summed E-state index contributed by atoms with van der Waals surface area (Å²) >= 11 is 0. The van der Waals surface area contributed by atoms with Crippen LogP contribution in [0.1, 0.15) is 82.3 Å². The molecule has 2 nitrogen and oxygen atoms in total. The first-order chi connectivity index (χ1) is 12.6. The van der Waals surface area contributed by atoms with Crippen LogP contribution in [0.4, 0.5) is 4.39 Å². The Kier molecular flexibility index (Phi) is 6.72. The minimum atomic E-state index is -0.379. The summed E-state index contributed by atoms with van der Waals surface area (Å²) in [4.78, 5) is 12.3. The SMILES string of the molecule is CCCCCC1CCC(CCC2Cc3ccc(C)c(F)c3OC2=O)CC1. The molecule has 1 aromatic carbocycles. The second-order valence-corrected chi connectivity index (χ2v) is 8.47. The molecule has 1 aromatic rings. The molecule has 1 aliphatic carbocycles. The van der Waals surface area contributed by atoms with Crippen molar-refractivity contribution in [3.63, 3.8) is 0 Å². The van der Waals surface area contributed by atoms with Crippen molar-refractivity contribution in [3.8, 4) is 5.75 Å². The Morgan fingerprint density at radius 2 is 1.73 bits per heavy atom. The van der Waals surface area contributed by atoms with E-state index in [9.17, 15) is 9.18 Å². The summed E-state index contributed by atoms with van der Waals surface area (Å²) in [6.45, 7) is 3.97. The van der Waals surface area contributed by atoms with E-state index in [-0.39, 0.29) is 23.5 Å². The van der Waals surface area contributed by atoms with E-state index in [2.05, 4.69) is 6.92 Å². The Bertz CT molecular complexity index is 617. The van der Waals surface area contributed by atoms with Crippen LogP contribution in [0.3, 0.4) is 0 Å². The normalized spacial score (nSPS) is 25.7. The largest absolute Gasteiger partial charge is 0.423 e. The summed E-state index contributed by atoms with van der Waals surface area (Å²) in [7, 11) is 0. The zero-order valence-corrected chi connectivity index (χ0v) is 16.4. The van der Waals surface area contributed by atoms with Crippen LogP contribution in [0.5, 0.6) is 5.75 Å². The van der Waals surface area contributed by atoms with Crippen molar-refractivity contribution < 1.29 is 13.9 Å². The first-order valence-corrected chi connectivity index (χ1v) is 10.6. The number of halogens is 1. The molecule has 0 saturated heterocycles. The smallest absolute Gasteiger partial charge is 0.314 e. The maximum Gasteiger partial charge on any atom is 0.314 e. The van der Waals surface area contributed by atoms with Crippen LogP contribution in [0.25, 0.3) is 0 Å². The molecule has 1 fully saturated rings. The highest BCUT2D eigenvalue weighted by molar-refractivity contribution is 5.78. The molecular weight excluding hydrogens is 327 g/mol. The molecule has 1 unspecified atom stereocenters. The summed E-state index contributed by atoms with van der Waals surface area (Å²) in [6.07, 6.45) is 13.4. The predicted molar refractivity (Wildman–Crippen MR) is 103 cm³/mol. The molecule has 0 aromatic heterocycles. The first kappa shape index (κ1) is 19.4. The Morgan fingerprint density at radius 1 is 1.04 bits per heavy atom. The van der Waals surface area contributed by atoms with Gasteiger partial charge in [-0.2, -0.15) is 0 Å². The number of carbonyl (C=O) groups is 1. The highest BCUT2D eigenvalue weighted by atomic mass is 19.1. The highest BCUT2D eigenvalue weighted by Gasteiger charge is 2.31. The van der Waals surface area contributed by atoms with Gasteiger partial charge in [0, 0.05) is 0 Å². The Morgan fingerprint density at radius 3 is 2.42 bits per heavy atom. The average Bonchev–Trinajstić information content (AvgIpc) is 2.65. The van der Waals surface area contributed by atoms with Crippen molar-refractivity contribution in [2.24, 2.45) is 17.8 Å². The second-order valence-electron chi connectivity index (χ2n) is 8.47. The van der Waals surface area contributed by atoms with Crippen molar-refractivity contribution in [1.29, 1.82) is 0 Å². The Balaban J connectivity index is 1.46. The molecule has 26 heavy (non-hydrogen) atoms. The summed E-state index contributed by atoms with van der Waals surface area (Å²) in [5, 5.41) is 0. The molecule has 1 atom stereocenters. The monoisotopic (exact) mass is 360 g/mol. The van der Waals surface area contributed by atoms with Crippen LogP contribution >= 0.6 is 0 Å². The third-order valence-electron chi connectivity index (χ3n) is 6.48. The molecule has 0 N–H and O–H groups in total. The van der Waals surface area contributed by atoms with E-state index in [1.165, 1.54) is 51.4 Å². The highest BCUT2D eigenvalue weighted by Crippen LogP contribution is 2.37. The summed E-state index contributed by atoms with van der Waals surface area (Å²) < 4.78 is 19.5. The third kappa shape index (κ3) is 4.66. The quantitative estimate of drug-likeness (QED) is 0.320. The maximum absolute atomic E-state index is 14.1. The number of aryl methyl sites for hydroxylation is 1. The maximum atomic E-state index is 14.1. The summed E-state index contributed by atoms with van der Waals surface area (Å²) in [6, 6.07) is 3.69. The molecule has 3 heteroatoms. The van der Waals surface area contributed by atoms with Crippen molar-refractivity contribution >= 4 is 5.97 Å². The van der Waals surface area contributed by atoms with E-state index in [1.807, 2.05) is 6.07 Å². The number of rotatable bonds is 7. The zero-order valence-electron chi connectivity index (χ0n) is 16.4. The molecule has 2 aliphatic rings. The first-order valence-electron chi connectivity index (χ1n) is 10.6. The van der Waals surface area contributed by atoms with Crippen LogP contribution < -0.4 is 4.74 Å².